The number of nitrogens with zero attached hydrogens (tertiary/aromatic N) is 1. The number of carboxylic acid groups (broad SMARTS) is 1. The Morgan fingerprint density at radius 3 is 2.41 bits per heavy atom. The molecule has 1 saturated heterocycles. The zero-order chi connectivity index (χ0) is 16.1. The molecule has 0 bridgehead atoms. The van der Waals surface area contributed by atoms with Crippen LogP contribution >= 0.6 is 0 Å². The first-order chi connectivity index (χ1) is 10.2. The van der Waals surface area contributed by atoms with Gasteiger partial charge in [-0.15, -0.1) is 0 Å². The van der Waals surface area contributed by atoms with E-state index in [0.29, 0.717) is 13.1 Å². The van der Waals surface area contributed by atoms with Gasteiger partial charge in [0.15, 0.2) is 0 Å². The predicted molar refractivity (Wildman–Crippen MR) is 84.3 cm³/mol. The van der Waals surface area contributed by atoms with Gasteiger partial charge in [-0.1, -0.05) is 18.2 Å². The van der Waals surface area contributed by atoms with Crippen LogP contribution in [-0.2, 0) is 22.3 Å². The first-order valence-electron chi connectivity index (χ1n) is 7.65. The van der Waals surface area contributed by atoms with Crippen molar-refractivity contribution in [1.82, 2.24) is 4.90 Å². The maximum atomic E-state index is 11.1. The lowest BCUT2D eigenvalue weighted by molar-refractivity contribution is 0.00578. The highest BCUT2D eigenvalue weighted by Crippen LogP contribution is 2.36. The first-order valence-corrected chi connectivity index (χ1v) is 7.65. The van der Waals surface area contributed by atoms with Gasteiger partial charge in [-0.3, -0.25) is 0 Å². The standard InChI is InChI=1S/C16H22BNO4/c1-15(2)16(3,4)22-17(21-15)13-6-5-12-10-18(14(19)20)8-7-11(12)9-13/h5-6,9H,7-8,10H2,1-4H3,(H,19,20). The minimum absolute atomic E-state index is 0.353. The molecular weight excluding hydrogens is 281 g/mol. The van der Waals surface area contributed by atoms with Gasteiger partial charge in [0.2, 0.25) is 0 Å². The summed E-state index contributed by atoms with van der Waals surface area (Å²) < 4.78 is 12.1. The molecule has 22 heavy (non-hydrogen) atoms. The normalized spacial score (nSPS) is 22.5. The van der Waals surface area contributed by atoms with E-state index < -0.39 is 6.09 Å². The van der Waals surface area contributed by atoms with Crippen molar-refractivity contribution in [3.63, 3.8) is 0 Å². The van der Waals surface area contributed by atoms with Crippen molar-refractivity contribution >= 4 is 18.7 Å². The Morgan fingerprint density at radius 2 is 1.82 bits per heavy atom. The number of carbonyl (C=O) groups is 1. The smallest absolute Gasteiger partial charge is 0.465 e. The molecule has 1 fully saturated rings. The molecule has 0 saturated carbocycles. The first kappa shape index (κ1) is 15.4. The lowest BCUT2D eigenvalue weighted by Gasteiger charge is -2.32. The molecule has 2 aliphatic rings. The van der Waals surface area contributed by atoms with Crippen molar-refractivity contribution in [1.29, 1.82) is 0 Å². The highest BCUT2D eigenvalue weighted by atomic mass is 16.7. The minimum Gasteiger partial charge on any atom is -0.465 e. The van der Waals surface area contributed by atoms with Gasteiger partial charge < -0.3 is 19.3 Å². The quantitative estimate of drug-likeness (QED) is 0.806. The zero-order valence-electron chi connectivity index (χ0n) is 13.5. The Kier molecular flexibility index (Phi) is 3.49. The van der Waals surface area contributed by atoms with Gasteiger partial charge in [0.25, 0.3) is 0 Å². The van der Waals surface area contributed by atoms with E-state index in [1.165, 1.54) is 10.5 Å². The van der Waals surface area contributed by atoms with Crippen LogP contribution in [-0.4, -0.2) is 41.0 Å². The summed E-state index contributed by atoms with van der Waals surface area (Å²) in [4.78, 5) is 12.5. The van der Waals surface area contributed by atoms with Gasteiger partial charge in [-0.2, -0.15) is 0 Å². The van der Waals surface area contributed by atoms with Crippen LogP contribution in [0, 0.1) is 0 Å². The van der Waals surface area contributed by atoms with Crippen molar-refractivity contribution < 1.29 is 19.2 Å². The molecular formula is C16H22BNO4. The van der Waals surface area contributed by atoms with Crippen LogP contribution in [0.2, 0.25) is 0 Å². The summed E-state index contributed by atoms with van der Waals surface area (Å²) in [5, 5.41) is 9.09. The fourth-order valence-corrected chi connectivity index (χ4v) is 2.86. The topological polar surface area (TPSA) is 59.0 Å². The zero-order valence-corrected chi connectivity index (χ0v) is 13.5. The SMILES string of the molecule is CC1(C)OB(c2ccc3c(c2)CCN(C(=O)O)C3)OC1(C)C. The molecule has 2 heterocycles. The summed E-state index contributed by atoms with van der Waals surface area (Å²) >= 11 is 0. The Labute approximate surface area is 131 Å². The molecule has 0 aliphatic carbocycles. The average Bonchev–Trinajstić information content (AvgIpc) is 2.66. The molecule has 1 aromatic rings. The fraction of sp³-hybridized carbons (Fsp3) is 0.562. The maximum Gasteiger partial charge on any atom is 0.494 e. The van der Waals surface area contributed by atoms with Gasteiger partial charge in [-0.05, 0) is 50.7 Å². The summed E-state index contributed by atoms with van der Waals surface area (Å²) in [7, 11) is -0.368. The van der Waals surface area contributed by atoms with Crippen LogP contribution in [0.1, 0.15) is 38.8 Å². The second kappa shape index (κ2) is 5.00. The molecule has 5 nitrogen and oxygen atoms in total. The number of rotatable bonds is 1. The highest BCUT2D eigenvalue weighted by molar-refractivity contribution is 6.62. The summed E-state index contributed by atoms with van der Waals surface area (Å²) in [6.45, 7) is 9.14. The molecule has 1 aromatic carbocycles. The van der Waals surface area contributed by atoms with Gasteiger partial charge >= 0.3 is 13.2 Å². The van der Waals surface area contributed by atoms with E-state index >= 15 is 0 Å². The molecule has 0 atom stereocenters. The fourth-order valence-electron chi connectivity index (χ4n) is 2.86. The van der Waals surface area contributed by atoms with Gasteiger partial charge in [0.05, 0.1) is 11.2 Å². The van der Waals surface area contributed by atoms with E-state index in [1.807, 2.05) is 39.8 Å². The number of fused-ring (bicyclic) bond motifs is 1. The van der Waals surface area contributed by atoms with Crippen LogP contribution in [0.4, 0.5) is 4.79 Å². The third-order valence-electron chi connectivity index (χ3n) is 5.04. The van der Waals surface area contributed by atoms with Crippen LogP contribution in [0.25, 0.3) is 0 Å². The summed E-state index contributed by atoms with van der Waals surface area (Å²) in [5.41, 5.74) is 2.54. The van der Waals surface area contributed by atoms with Crippen LogP contribution in [0.5, 0.6) is 0 Å². The van der Waals surface area contributed by atoms with Gasteiger partial charge in [0.1, 0.15) is 0 Å². The molecule has 0 unspecified atom stereocenters. The van der Waals surface area contributed by atoms with Gasteiger partial charge in [0, 0.05) is 13.1 Å². The Morgan fingerprint density at radius 1 is 1.18 bits per heavy atom. The molecule has 2 aliphatic heterocycles. The van der Waals surface area contributed by atoms with E-state index in [9.17, 15) is 4.79 Å². The van der Waals surface area contributed by atoms with Crippen molar-refractivity contribution in [2.75, 3.05) is 6.54 Å². The van der Waals surface area contributed by atoms with E-state index in [1.54, 1.807) is 0 Å². The molecule has 1 amide bonds. The van der Waals surface area contributed by atoms with E-state index in [0.717, 1.165) is 17.4 Å². The predicted octanol–water partition coefficient (Wildman–Crippen LogP) is 2.02. The number of benzene rings is 1. The number of amides is 1. The summed E-state index contributed by atoms with van der Waals surface area (Å²) in [5.74, 6) is 0. The van der Waals surface area contributed by atoms with Crippen LogP contribution in [0.3, 0.4) is 0 Å². The lowest BCUT2D eigenvalue weighted by Crippen LogP contribution is -2.41. The molecule has 0 spiro atoms. The Hall–Kier alpha value is -1.53. The highest BCUT2D eigenvalue weighted by Gasteiger charge is 2.51. The Balaban J connectivity index is 1.83. The third kappa shape index (κ3) is 2.50. The number of hydrogen-bond donors (Lipinski definition) is 1. The lowest BCUT2D eigenvalue weighted by atomic mass is 9.77. The molecule has 0 aromatic heterocycles. The third-order valence-corrected chi connectivity index (χ3v) is 5.04. The monoisotopic (exact) mass is 303 g/mol. The van der Waals surface area contributed by atoms with Crippen LogP contribution < -0.4 is 5.46 Å². The van der Waals surface area contributed by atoms with E-state index in [4.69, 9.17) is 14.4 Å². The molecule has 6 heteroatoms. The maximum absolute atomic E-state index is 11.1. The second-order valence-electron chi connectivity index (χ2n) is 7.07. The van der Waals surface area contributed by atoms with E-state index in [-0.39, 0.29) is 18.3 Å². The minimum atomic E-state index is -0.860. The summed E-state index contributed by atoms with van der Waals surface area (Å²) in [6.07, 6.45) is -0.129. The van der Waals surface area contributed by atoms with Crippen molar-refractivity contribution in [3.8, 4) is 0 Å². The van der Waals surface area contributed by atoms with Crippen molar-refractivity contribution in [2.45, 2.75) is 51.9 Å². The number of hydrogen-bond acceptors (Lipinski definition) is 3. The molecule has 118 valence electrons. The molecule has 0 radical (unpaired) electrons. The second-order valence-corrected chi connectivity index (χ2v) is 7.07. The van der Waals surface area contributed by atoms with Gasteiger partial charge in [-0.25, -0.2) is 4.79 Å². The van der Waals surface area contributed by atoms with Crippen molar-refractivity contribution in [3.05, 3.63) is 29.3 Å². The summed E-state index contributed by atoms with van der Waals surface area (Å²) in [6, 6.07) is 6.06. The van der Waals surface area contributed by atoms with Crippen LogP contribution in [0.15, 0.2) is 18.2 Å². The largest absolute Gasteiger partial charge is 0.494 e. The van der Waals surface area contributed by atoms with E-state index in [2.05, 4.69) is 6.07 Å². The van der Waals surface area contributed by atoms with Crippen molar-refractivity contribution in [2.24, 2.45) is 0 Å². The Bertz CT molecular complexity index is 598. The molecule has 1 N–H and O–H groups in total. The average molecular weight is 303 g/mol. The molecule has 3 rings (SSSR count).